The fraction of sp³-hybridized carbons (Fsp3) is 0.818. The van der Waals surface area contributed by atoms with Crippen LogP contribution in [-0.2, 0) is 9.59 Å². The number of hydrogen-bond acceptors (Lipinski definition) is 3. The average molecular weight is 242 g/mol. The van der Waals surface area contributed by atoms with E-state index in [1.807, 2.05) is 11.8 Å². The van der Waals surface area contributed by atoms with Gasteiger partial charge in [-0.3, -0.25) is 9.59 Å². The second kappa shape index (κ2) is 3.95. The summed E-state index contributed by atoms with van der Waals surface area (Å²) in [6.07, 6.45) is 1.46. The number of thioether (sulfide) groups is 1. The predicted molar refractivity (Wildman–Crippen MR) is 64.0 cm³/mol. The van der Waals surface area contributed by atoms with Crippen molar-refractivity contribution in [3.8, 4) is 0 Å². The maximum absolute atomic E-state index is 12.1. The van der Waals surface area contributed by atoms with E-state index in [0.717, 1.165) is 12.2 Å². The van der Waals surface area contributed by atoms with Gasteiger partial charge in [0.1, 0.15) is 6.04 Å². The van der Waals surface area contributed by atoms with Crippen molar-refractivity contribution in [1.29, 1.82) is 0 Å². The predicted octanol–water partition coefficient (Wildman–Crippen LogP) is 0.919. The van der Waals surface area contributed by atoms with Gasteiger partial charge in [0.2, 0.25) is 11.8 Å². The zero-order chi connectivity index (χ0) is 11.9. The fourth-order valence-corrected chi connectivity index (χ4v) is 3.84. The van der Waals surface area contributed by atoms with Gasteiger partial charge in [0.15, 0.2) is 0 Å². The SMILES string of the molecule is CCN(C)C(=O)C1CSC2(C)CCC(=O)N12. The molecule has 5 heteroatoms. The minimum Gasteiger partial charge on any atom is -0.344 e. The van der Waals surface area contributed by atoms with Crippen LogP contribution in [0, 0.1) is 0 Å². The molecule has 2 heterocycles. The maximum atomic E-state index is 12.1. The van der Waals surface area contributed by atoms with E-state index in [1.165, 1.54) is 0 Å². The molecule has 2 aliphatic rings. The fourth-order valence-electron chi connectivity index (χ4n) is 2.41. The molecule has 0 spiro atoms. The lowest BCUT2D eigenvalue weighted by Gasteiger charge is -2.31. The Bertz CT molecular complexity index is 334. The molecule has 0 N–H and O–H groups in total. The summed E-state index contributed by atoms with van der Waals surface area (Å²) in [5, 5.41) is 0. The Morgan fingerprint density at radius 2 is 2.38 bits per heavy atom. The maximum Gasteiger partial charge on any atom is 0.246 e. The highest BCUT2D eigenvalue weighted by Crippen LogP contribution is 2.47. The van der Waals surface area contributed by atoms with Gasteiger partial charge < -0.3 is 9.80 Å². The van der Waals surface area contributed by atoms with E-state index >= 15 is 0 Å². The summed E-state index contributed by atoms with van der Waals surface area (Å²) in [7, 11) is 1.79. The van der Waals surface area contributed by atoms with Gasteiger partial charge in [-0.15, -0.1) is 11.8 Å². The topological polar surface area (TPSA) is 40.6 Å². The van der Waals surface area contributed by atoms with Gasteiger partial charge in [0, 0.05) is 25.8 Å². The quantitative estimate of drug-likeness (QED) is 0.723. The van der Waals surface area contributed by atoms with E-state index in [0.29, 0.717) is 13.0 Å². The van der Waals surface area contributed by atoms with Crippen LogP contribution in [0.2, 0.25) is 0 Å². The molecule has 2 unspecified atom stereocenters. The van der Waals surface area contributed by atoms with E-state index < -0.39 is 0 Å². The summed E-state index contributed by atoms with van der Waals surface area (Å²) in [5.41, 5.74) is 0. The Kier molecular flexibility index (Phi) is 2.90. The normalized spacial score (nSPS) is 33.1. The second-order valence-electron chi connectivity index (χ2n) is 4.62. The monoisotopic (exact) mass is 242 g/mol. The summed E-state index contributed by atoms with van der Waals surface area (Å²) in [6.45, 7) is 4.71. The highest BCUT2D eigenvalue weighted by atomic mass is 32.2. The highest BCUT2D eigenvalue weighted by Gasteiger charge is 2.53. The van der Waals surface area contributed by atoms with Crippen molar-refractivity contribution in [1.82, 2.24) is 9.80 Å². The van der Waals surface area contributed by atoms with Crippen LogP contribution in [0.25, 0.3) is 0 Å². The van der Waals surface area contributed by atoms with E-state index in [1.54, 1.807) is 23.7 Å². The zero-order valence-electron chi connectivity index (χ0n) is 10.0. The van der Waals surface area contributed by atoms with E-state index in [4.69, 9.17) is 0 Å². The molecule has 2 amide bonds. The first-order valence-electron chi connectivity index (χ1n) is 5.70. The zero-order valence-corrected chi connectivity index (χ0v) is 10.8. The van der Waals surface area contributed by atoms with Crippen molar-refractivity contribution < 1.29 is 9.59 Å². The van der Waals surface area contributed by atoms with Crippen LogP contribution in [-0.4, -0.2) is 51.9 Å². The molecule has 16 heavy (non-hydrogen) atoms. The van der Waals surface area contributed by atoms with Gasteiger partial charge in [0.25, 0.3) is 0 Å². The summed E-state index contributed by atoms with van der Waals surface area (Å²) < 4.78 is 0. The lowest BCUT2D eigenvalue weighted by atomic mass is 10.2. The van der Waals surface area contributed by atoms with Crippen LogP contribution in [0.1, 0.15) is 26.7 Å². The number of nitrogens with zero attached hydrogens (tertiary/aromatic N) is 2. The molecule has 0 radical (unpaired) electrons. The molecule has 2 saturated heterocycles. The third-order valence-electron chi connectivity index (χ3n) is 3.58. The van der Waals surface area contributed by atoms with Crippen molar-refractivity contribution >= 4 is 23.6 Å². The first-order chi connectivity index (χ1) is 7.49. The Labute approximate surface area is 100 Å². The third-order valence-corrected chi connectivity index (χ3v) is 5.09. The number of likely N-dealkylation sites (N-methyl/N-ethyl adjacent to an activating group) is 1. The molecule has 4 nitrogen and oxygen atoms in total. The molecular formula is C11H18N2O2S. The molecule has 2 atom stereocenters. The van der Waals surface area contributed by atoms with Gasteiger partial charge in [-0.05, 0) is 20.3 Å². The lowest BCUT2D eigenvalue weighted by molar-refractivity contribution is -0.142. The van der Waals surface area contributed by atoms with Gasteiger partial charge >= 0.3 is 0 Å². The number of fused-ring (bicyclic) bond motifs is 1. The number of carbonyl (C=O) groups excluding carboxylic acids is 2. The minimum atomic E-state index is -0.241. The average Bonchev–Trinajstić information content (AvgIpc) is 2.75. The third kappa shape index (κ3) is 1.61. The Morgan fingerprint density at radius 3 is 3.00 bits per heavy atom. The molecule has 2 rings (SSSR count). The van der Waals surface area contributed by atoms with Crippen molar-refractivity contribution in [2.45, 2.75) is 37.6 Å². The van der Waals surface area contributed by atoms with Gasteiger partial charge in [0.05, 0.1) is 4.87 Å². The molecule has 0 bridgehead atoms. The Hall–Kier alpha value is -0.710. The van der Waals surface area contributed by atoms with Crippen LogP contribution >= 0.6 is 11.8 Å². The number of rotatable bonds is 2. The molecule has 0 aromatic rings. The Balaban J connectivity index is 2.19. The number of carbonyl (C=O) groups is 2. The largest absolute Gasteiger partial charge is 0.344 e. The molecule has 0 aromatic carbocycles. The molecule has 2 fully saturated rings. The summed E-state index contributed by atoms with van der Waals surface area (Å²) in [4.78, 5) is 27.3. The molecule has 0 aliphatic carbocycles. The van der Waals surface area contributed by atoms with Crippen LogP contribution < -0.4 is 0 Å². The van der Waals surface area contributed by atoms with Crippen molar-refractivity contribution in [2.75, 3.05) is 19.3 Å². The van der Waals surface area contributed by atoms with Crippen LogP contribution in [0.15, 0.2) is 0 Å². The molecule has 0 aromatic heterocycles. The second-order valence-corrected chi connectivity index (χ2v) is 6.12. The van der Waals surface area contributed by atoms with Gasteiger partial charge in [-0.2, -0.15) is 0 Å². The Morgan fingerprint density at radius 1 is 1.69 bits per heavy atom. The van der Waals surface area contributed by atoms with Crippen molar-refractivity contribution in [3.05, 3.63) is 0 Å². The first-order valence-corrected chi connectivity index (χ1v) is 6.69. The smallest absolute Gasteiger partial charge is 0.246 e. The standard InChI is InChI=1S/C11H18N2O2S/c1-4-12(3)10(15)8-7-16-11(2)6-5-9(14)13(8)11/h8H,4-7H2,1-3H3. The van der Waals surface area contributed by atoms with E-state index in [9.17, 15) is 9.59 Å². The highest BCUT2D eigenvalue weighted by molar-refractivity contribution is 8.01. The summed E-state index contributed by atoms with van der Waals surface area (Å²) in [5.74, 6) is 0.954. The summed E-state index contributed by atoms with van der Waals surface area (Å²) in [6, 6.07) is -0.241. The minimum absolute atomic E-state index is 0.0778. The van der Waals surface area contributed by atoms with E-state index in [2.05, 4.69) is 6.92 Å². The van der Waals surface area contributed by atoms with Gasteiger partial charge in [-0.25, -0.2) is 0 Å². The van der Waals surface area contributed by atoms with Crippen LogP contribution in [0.3, 0.4) is 0 Å². The number of hydrogen-bond donors (Lipinski definition) is 0. The van der Waals surface area contributed by atoms with Gasteiger partial charge in [-0.1, -0.05) is 0 Å². The molecule has 90 valence electrons. The molecular weight excluding hydrogens is 224 g/mol. The van der Waals surface area contributed by atoms with Crippen molar-refractivity contribution in [3.63, 3.8) is 0 Å². The van der Waals surface area contributed by atoms with Crippen LogP contribution in [0.4, 0.5) is 0 Å². The summed E-state index contributed by atoms with van der Waals surface area (Å²) >= 11 is 1.74. The van der Waals surface area contributed by atoms with Crippen molar-refractivity contribution in [2.24, 2.45) is 0 Å². The molecule has 0 saturated carbocycles. The van der Waals surface area contributed by atoms with E-state index in [-0.39, 0.29) is 22.7 Å². The lowest BCUT2D eigenvalue weighted by Crippen LogP contribution is -2.50. The number of amides is 2. The first kappa shape index (κ1) is 11.8. The molecule has 2 aliphatic heterocycles. The van der Waals surface area contributed by atoms with Crippen LogP contribution in [0.5, 0.6) is 0 Å².